The Morgan fingerprint density at radius 2 is 2.03 bits per heavy atom. The summed E-state index contributed by atoms with van der Waals surface area (Å²) in [5.74, 6) is 2.30. The molecule has 0 bridgehead atoms. The lowest BCUT2D eigenvalue weighted by atomic mass is 9.87. The molecule has 0 atom stereocenters. The van der Waals surface area contributed by atoms with Crippen LogP contribution >= 0.6 is 35.7 Å². The number of carbonyl (C=O) groups is 1. The smallest absolute Gasteiger partial charge is 0.253 e. The minimum absolute atomic E-state index is 0. The zero-order chi connectivity index (χ0) is 20.7. The molecule has 1 aromatic carbocycles. The number of amides is 1. The molecule has 1 saturated heterocycles. The molecule has 2 fully saturated rings. The van der Waals surface area contributed by atoms with Crippen LogP contribution in [0.15, 0.2) is 29.3 Å². The van der Waals surface area contributed by atoms with Gasteiger partial charge in [0, 0.05) is 56.3 Å². The predicted octanol–water partition coefficient (Wildman–Crippen LogP) is 4.27. The van der Waals surface area contributed by atoms with Gasteiger partial charge in [-0.05, 0) is 43.9 Å². The Morgan fingerprint density at radius 3 is 2.73 bits per heavy atom. The average molecular weight is 545 g/mol. The molecule has 0 radical (unpaired) electrons. The van der Waals surface area contributed by atoms with Gasteiger partial charge in [0.2, 0.25) is 0 Å². The van der Waals surface area contributed by atoms with Crippen LogP contribution in [0.1, 0.15) is 54.9 Å². The molecule has 1 aliphatic heterocycles. The lowest BCUT2D eigenvalue weighted by molar-refractivity contribution is 0.0827. The molecule has 1 aliphatic carbocycles. The number of guanidine groups is 1. The van der Waals surface area contributed by atoms with E-state index in [2.05, 4.69) is 35.0 Å². The van der Waals surface area contributed by atoms with Crippen molar-refractivity contribution in [2.75, 3.05) is 46.0 Å². The van der Waals surface area contributed by atoms with Crippen LogP contribution in [-0.4, -0.2) is 72.4 Å². The highest BCUT2D eigenvalue weighted by atomic mass is 127. The van der Waals surface area contributed by atoms with E-state index >= 15 is 0 Å². The maximum Gasteiger partial charge on any atom is 0.253 e. The number of carbonyl (C=O) groups excluding carboxylic acids is 1. The van der Waals surface area contributed by atoms with Crippen LogP contribution in [-0.2, 0) is 6.42 Å². The molecule has 1 N–H and O–H groups in total. The SMILES string of the molecule is CCNC(=NCCc1cccc(C(=O)N(C)C)c1)N1CCSC2(CCCCC2)C1.I. The third kappa shape index (κ3) is 6.77. The second kappa shape index (κ2) is 12.2. The van der Waals surface area contributed by atoms with E-state index in [1.54, 1.807) is 19.0 Å². The van der Waals surface area contributed by atoms with Gasteiger partial charge in [-0.15, -0.1) is 24.0 Å². The second-order valence-electron chi connectivity index (χ2n) is 8.40. The molecular weight excluding hydrogens is 507 g/mol. The third-order valence-electron chi connectivity index (χ3n) is 5.89. The summed E-state index contributed by atoms with van der Waals surface area (Å²) in [6, 6.07) is 7.94. The molecule has 30 heavy (non-hydrogen) atoms. The summed E-state index contributed by atoms with van der Waals surface area (Å²) in [5.41, 5.74) is 1.91. The molecule has 1 amide bonds. The van der Waals surface area contributed by atoms with E-state index < -0.39 is 0 Å². The molecule has 168 valence electrons. The zero-order valence-electron chi connectivity index (χ0n) is 18.7. The van der Waals surface area contributed by atoms with Gasteiger partial charge in [0.05, 0.1) is 0 Å². The molecule has 1 heterocycles. The number of rotatable bonds is 5. The van der Waals surface area contributed by atoms with Crippen molar-refractivity contribution in [3.8, 4) is 0 Å². The molecule has 0 aromatic heterocycles. The van der Waals surface area contributed by atoms with E-state index in [1.165, 1.54) is 37.9 Å². The molecule has 2 aliphatic rings. The fourth-order valence-electron chi connectivity index (χ4n) is 4.36. The fraction of sp³-hybridized carbons (Fsp3) is 0.652. The Hall–Kier alpha value is -0.960. The summed E-state index contributed by atoms with van der Waals surface area (Å²) >= 11 is 2.19. The maximum atomic E-state index is 12.2. The normalized spacial score (nSPS) is 18.6. The Labute approximate surface area is 203 Å². The minimum atomic E-state index is 0. The van der Waals surface area contributed by atoms with Gasteiger partial charge in [-0.2, -0.15) is 11.8 Å². The Morgan fingerprint density at radius 1 is 1.27 bits per heavy atom. The van der Waals surface area contributed by atoms with Crippen molar-refractivity contribution in [3.05, 3.63) is 35.4 Å². The number of halogens is 1. The molecule has 1 aromatic rings. The van der Waals surface area contributed by atoms with Gasteiger partial charge >= 0.3 is 0 Å². The first kappa shape index (κ1) is 25.3. The Balaban J connectivity index is 0.00000320. The maximum absolute atomic E-state index is 12.2. The van der Waals surface area contributed by atoms with Gasteiger partial charge in [-0.1, -0.05) is 31.4 Å². The lowest BCUT2D eigenvalue weighted by Gasteiger charge is -2.45. The van der Waals surface area contributed by atoms with Crippen LogP contribution in [0.2, 0.25) is 0 Å². The number of hydrogen-bond acceptors (Lipinski definition) is 3. The number of nitrogens with zero attached hydrogens (tertiary/aromatic N) is 3. The first-order valence-corrected chi connectivity index (χ1v) is 12.0. The molecule has 1 spiro atoms. The predicted molar refractivity (Wildman–Crippen MR) is 139 cm³/mol. The summed E-state index contributed by atoms with van der Waals surface area (Å²) in [7, 11) is 3.58. The number of hydrogen-bond donors (Lipinski definition) is 1. The average Bonchev–Trinajstić information content (AvgIpc) is 2.73. The van der Waals surface area contributed by atoms with Gasteiger partial charge in [-0.25, -0.2) is 0 Å². The van der Waals surface area contributed by atoms with Crippen LogP contribution in [0.5, 0.6) is 0 Å². The van der Waals surface area contributed by atoms with Crippen molar-refractivity contribution < 1.29 is 4.79 Å². The summed E-state index contributed by atoms with van der Waals surface area (Å²) in [6.45, 7) is 5.96. The van der Waals surface area contributed by atoms with Gasteiger partial charge in [0.25, 0.3) is 5.91 Å². The van der Waals surface area contributed by atoms with Gasteiger partial charge in [0.1, 0.15) is 0 Å². The second-order valence-corrected chi connectivity index (χ2v) is 9.96. The highest BCUT2D eigenvalue weighted by molar-refractivity contribution is 14.0. The van der Waals surface area contributed by atoms with E-state index in [1.807, 2.05) is 18.2 Å². The summed E-state index contributed by atoms with van der Waals surface area (Å²) < 4.78 is 0.438. The van der Waals surface area contributed by atoms with Gasteiger partial charge in [-0.3, -0.25) is 9.79 Å². The molecule has 7 heteroatoms. The van der Waals surface area contributed by atoms with Crippen LogP contribution in [0.25, 0.3) is 0 Å². The molecule has 0 unspecified atom stereocenters. The quantitative estimate of drug-likeness (QED) is 0.342. The summed E-state index contributed by atoms with van der Waals surface area (Å²) in [4.78, 5) is 21.2. The van der Waals surface area contributed by atoms with E-state index in [9.17, 15) is 4.79 Å². The third-order valence-corrected chi connectivity index (χ3v) is 7.43. The van der Waals surface area contributed by atoms with E-state index in [-0.39, 0.29) is 29.9 Å². The monoisotopic (exact) mass is 544 g/mol. The molecule has 1 saturated carbocycles. The standard InChI is InChI=1S/C23H36N4OS.HI/c1-4-24-22(27-15-16-29-23(18-27)12-6-5-7-13-23)25-14-11-19-9-8-10-20(17-19)21(28)26(2)3;/h8-10,17H,4-7,11-16,18H2,1-3H3,(H,24,25);1H. The number of aliphatic imine (C=N–C) groups is 1. The fourth-order valence-corrected chi connectivity index (χ4v) is 5.93. The number of thioether (sulfide) groups is 1. The Bertz CT molecular complexity index is 713. The first-order valence-electron chi connectivity index (χ1n) is 11.0. The zero-order valence-corrected chi connectivity index (χ0v) is 21.8. The largest absolute Gasteiger partial charge is 0.357 e. The van der Waals surface area contributed by atoms with Crippen molar-refractivity contribution in [1.82, 2.24) is 15.1 Å². The minimum Gasteiger partial charge on any atom is -0.357 e. The van der Waals surface area contributed by atoms with Gasteiger partial charge < -0.3 is 15.1 Å². The van der Waals surface area contributed by atoms with Crippen molar-refractivity contribution in [2.45, 2.75) is 50.2 Å². The van der Waals surface area contributed by atoms with Crippen molar-refractivity contribution >= 4 is 47.6 Å². The van der Waals surface area contributed by atoms with Crippen LogP contribution < -0.4 is 5.32 Å². The summed E-state index contributed by atoms with van der Waals surface area (Å²) in [6.07, 6.45) is 7.68. The lowest BCUT2D eigenvalue weighted by Crippen LogP contribution is -2.53. The van der Waals surface area contributed by atoms with E-state index in [0.29, 0.717) is 4.75 Å². The number of nitrogens with one attached hydrogen (secondary N) is 1. The van der Waals surface area contributed by atoms with Crippen molar-refractivity contribution in [3.63, 3.8) is 0 Å². The highest BCUT2D eigenvalue weighted by Gasteiger charge is 2.38. The van der Waals surface area contributed by atoms with Gasteiger partial charge in [0.15, 0.2) is 5.96 Å². The topological polar surface area (TPSA) is 47.9 Å². The highest BCUT2D eigenvalue weighted by Crippen LogP contribution is 2.42. The summed E-state index contributed by atoms with van der Waals surface area (Å²) in [5, 5.41) is 3.51. The molecule has 5 nitrogen and oxygen atoms in total. The van der Waals surface area contributed by atoms with Crippen LogP contribution in [0, 0.1) is 0 Å². The molecule has 3 rings (SSSR count). The van der Waals surface area contributed by atoms with E-state index in [4.69, 9.17) is 4.99 Å². The first-order chi connectivity index (χ1) is 14.0. The van der Waals surface area contributed by atoms with E-state index in [0.717, 1.165) is 49.7 Å². The molecular formula is C23H37IN4OS. The van der Waals surface area contributed by atoms with Crippen LogP contribution in [0.4, 0.5) is 0 Å². The Kier molecular flexibility index (Phi) is 10.3. The van der Waals surface area contributed by atoms with Crippen molar-refractivity contribution in [1.29, 1.82) is 0 Å². The van der Waals surface area contributed by atoms with Crippen molar-refractivity contribution in [2.24, 2.45) is 4.99 Å². The van der Waals surface area contributed by atoms with Crippen LogP contribution in [0.3, 0.4) is 0 Å². The number of benzene rings is 1.